The number of halogens is 2. The van der Waals surface area contributed by atoms with Crippen molar-refractivity contribution in [1.82, 2.24) is 10.3 Å². The molecule has 8 nitrogen and oxygen atoms in total. The van der Waals surface area contributed by atoms with E-state index < -0.39 is 24.0 Å². The minimum absolute atomic E-state index is 0.00820. The number of hydrogen-bond donors (Lipinski definition) is 1. The van der Waals surface area contributed by atoms with Crippen LogP contribution in [0.25, 0.3) is 5.57 Å². The number of ether oxygens (including phenoxy) is 2. The number of benzene rings is 2. The summed E-state index contributed by atoms with van der Waals surface area (Å²) >= 11 is 0. The number of rotatable bonds is 11. The van der Waals surface area contributed by atoms with E-state index in [0.29, 0.717) is 24.2 Å². The average molecular weight is 513 g/mol. The van der Waals surface area contributed by atoms with Gasteiger partial charge in [-0.05, 0) is 54.3 Å². The molecular formula is C27H30F2N4O4. The molecule has 0 saturated heterocycles. The van der Waals surface area contributed by atoms with Crippen molar-refractivity contribution in [2.75, 3.05) is 13.2 Å². The molecule has 1 atom stereocenters. The van der Waals surface area contributed by atoms with E-state index in [1.54, 1.807) is 12.1 Å². The number of unbranched alkanes of at least 4 members (excludes halogenated alkanes) is 3. The van der Waals surface area contributed by atoms with Crippen molar-refractivity contribution in [3.05, 3.63) is 65.4 Å². The zero-order valence-corrected chi connectivity index (χ0v) is 20.9. The summed E-state index contributed by atoms with van der Waals surface area (Å²) in [6.45, 7) is 1.60. The average Bonchev–Trinajstić information content (AvgIpc) is 3.29. The van der Waals surface area contributed by atoms with Gasteiger partial charge in [0.1, 0.15) is 23.7 Å². The standard InChI is InChI=1S/C27H30F2N4O4/c1-3-4-5-6-15-36-20-13-9-19(10-14-20)27(2)16-22(18-7-11-21(12-8-18)37-26(28)29)24(25(35)31-27)33-23(34)17-30-32-33/h7-14,26H,3-6,15-17H2,1-2H3,(H,31,35). The second kappa shape index (κ2) is 11.5. The van der Waals surface area contributed by atoms with Gasteiger partial charge in [-0.3, -0.25) is 9.59 Å². The van der Waals surface area contributed by atoms with E-state index in [1.165, 1.54) is 25.0 Å². The van der Waals surface area contributed by atoms with Gasteiger partial charge in [0.25, 0.3) is 11.8 Å². The largest absolute Gasteiger partial charge is 0.494 e. The predicted molar refractivity (Wildman–Crippen MR) is 133 cm³/mol. The second-order valence-electron chi connectivity index (χ2n) is 9.22. The van der Waals surface area contributed by atoms with Crippen LogP contribution in [0.1, 0.15) is 57.1 Å². The Kier molecular flexibility index (Phi) is 8.15. The van der Waals surface area contributed by atoms with Gasteiger partial charge >= 0.3 is 6.61 Å². The van der Waals surface area contributed by atoms with Crippen LogP contribution in [0.5, 0.6) is 11.5 Å². The summed E-state index contributed by atoms with van der Waals surface area (Å²) in [5, 5.41) is 11.6. The fourth-order valence-corrected chi connectivity index (χ4v) is 4.48. The molecule has 1 N–H and O–H groups in total. The van der Waals surface area contributed by atoms with Gasteiger partial charge in [0.2, 0.25) is 0 Å². The van der Waals surface area contributed by atoms with Crippen molar-refractivity contribution in [2.24, 2.45) is 10.3 Å². The maximum atomic E-state index is 13.4. The number of alkyl halides is 2. The zero-order chi connectivity index (χ0) is 26.4. The molecule has 0 aromatic heterocycles. The van der Waals surface area contributed by atoms with E-state index in [2.05, 4.69) is 27.3 Å². The molecule has 0 bridgehead atoms. The third-order valence-corrected chi connectivity index (χ3v) is 6.41. The summed E-state index contributed by atoms with van der Waals surface area (Å²) in [7, 11) is 0. The molecule has 2 aliphatic rings. The topological polar surface area (TPSA) is 92.6 Å². The second-order valence-corrected chi connectivity index (χ2v) is 9.22. The monoisotopic (exact) mass is 512 g/mol. The molecule has 0 radical (unpaired) electrons. The maximum absolute atomic E-state index is 13.4. The highest BCUT2D eigenvalue weighted by molar-refractivity contribution is 6.06. The number of amides is 2. The first-order valence-corrected chi connectivity index (χ1v) is 12.4. The molecule has 2 amide bonds. The van der Waals surface area contributed by atoms with Crippen LogP contribution in [-0.2, 0) is 15.1 Å². The Hall–Kier alpha value is -3.82. The highest BCUT2D eigenvalue weighted by atomic mass is 19.3. The molecule has 0 aliphatic carbocycles. The highest BCUT2D eigenvalue weighted by Crippen LogP contribution is 2.40. The van der Waals surface area contributed by atoms with Crippen LogP contribution in [0.3, 0.4) is 0 Å². The Balaban J connectivity index is 1.61. The molecular weight excluding hydrogens is 482 g/mol. The number of nitrogens with zero attached hydrogens (tertiary/aromatic N) is 3. The van der Waals surface area contributed by atoms with Gasteiger partial charge in [0.15, 0.2) is 0 Å². The molecule has 2 aromatic carbocycles. The molecule has 0 saturated carbocycles. The van der Waals surface area contributed by atoms with Gasteiger partial charge in [-0.15, -0.1) is 0 Å². The lowest BCUT2D eigenvalue weighted by Gasteiger charge is -2.38. The summed E-state index contributed by atoms with van der Waals surface area (Å²) in [5.41, 5.74) is 1.23. The van der Waals surface area contributed by atoms with E-state index in [4.69, 9.17) is 4.74 Å². The van der Waals surface area contributed by atoms with Gasteiger partial charge in [-0.1, -0.05) is 55.7 Å². The number of carbonyl (C=O) groups excluding carboxylic acids is 2. The molecule has 37 heavy (non-hydrogen) atoms. The number of hydrogen-bond acceptors (Lipinski definition) is 6. The molecule has 0 fully saturated rings. The van der Waals surface area contributed by atoms with Gasteiger partial charge in [0.05, 0.1) is 12.1 Å². The first-order chi connectivity index (χ1) is 17.8. The van der Waals surface area contributed by atoms with Crippen LogP contribution in [0, 0.1) is 0 Å². The third kappa shape index (κ3) is 6.12. The van der Waals surface area contributed by atoms with Crippen LogP contribution < -0.4 is 14.8 Å². The molecule has 2 aromatic rings. The van der Waals surface area contributed by atoms with Crippen molar-refractivity contribution >= 4 is 17.4 Å². The fourth-order valence-electron chi connectivity index (χ4n) is 4.48. The predicted octanol–water partition coefficient (Wildman–Crippen LogP) is 5.60. The van der Waals surface area contributed by atoms with Gasteiger partial charge in [-0.2, -0.15) is 18.9 Å². The molecule has 1 unspecified atom stereocenters. The number of carbonyl (C=O) groups is 2. The molecule has 4 rings (SSSR count). The van der Waals surface area contributed by atoms with Crippen LogP contribution in [-0.4, -0.2) is 36.6 Å². The van der Waals surface area contributed by atoms with Crippen molar-refractivity contribution < 1.29 is 27.8 Å². The summed E-state index contributed by atoms with van der Waals surface area (Å²) in [4.78, 5) is 25.8. The summed E-state index contributed by atoms with van der Waals surface area (Å²) in [6, 6.07) is 13.5. The highest BCUT2D eigenvalue weighted by Gasteiger charge is 2.42. The van der Waals surface area contributed by atoms with Crippen LogP contribution in [0.15, 0.2) is 64.6 Å². The van der Waals surface area contributed by atoms with E-state index in [-0.39, 0.29) is 18.0 Å². The zero-order valence-electron chi connectivity index (χ0n) is 20.9. The normalized spacial score (nSPS) is 19.5. The van der Waals surface area contributed by atoms with Crippen molar-refractivity contribution in [3.63, 3.8) is 0 Å². The van der Waals surface area contributed by atoms with Crippen molar-refractivity contribution in [1.29, 1.82) is 0 Å². The van der Waals surface area contributed by atoms with Gasteiger partial charge in [0, 0.05) is 6.42 Å². The minimum atomic E-state index is -2.95. The maximum Gasteiger partial charge on any atom is 0.387 e. The van der Waals surface area contributed by atoms with E-state index >= 15 is 0 Å². The Bertz CT molecular complexity index is 1180. The van der Waals surface area contributed by atoms with E-state index in [0.717, 1.165) is 29.2 Å². The minimum Gasteiger partial charge on any atom is -0.494 e. The lowest BCUT2D eigenvalue weighted by Crippen LogP contribution is -2.50. The number of nitrogens with one attached hydrogen (secondary N) is 1. The lowest BCUT2D eigenvalue weighted by atomic mass is 9.79. The van der Waals surface area contributed by atoms with Crippen molar-refractivity contribution in [2.45, 2.75) is 58.1 Å². The Morgan fingerprint density at radius 2 is 1.73 bits per heavy atom. The summed E-state index contributed by atoms with van der Waals surface area (Å²) in [6.07, 6.45) is 4.79. The van der Waals surface area contributed by atoms with Crippen LogP contribution in [0.2, 0.25) is 0 Å². The molecule has 0 spiro atoms. The van der Waals surface area contributed by atoms with Crippen LogP contribution in [0.4, 0.5) is 8.78 Å². The van der Waals surface area contributed by atoms with Gasteiger partial charge < -0.3 is 14.8 Å². The molecule has 2 aliphatic heterocycles. The quantitative estimate of drug-likeness (QED) is 0.397. The Morgan fingerprint density at radius 3 is 2.35 bits per heavy atom. The Morgan fingerprint density at radius 1 is 1.03 bits per heavy atom. The third-order valence-electron chi connectivity index (χ3n) is 6.41. The smallest absolute Gasteiger partial charge is 0.387 e. The Labute approximate surface area is 214 Å². The molecule has 2 heterocycles. The summed E-state index contributed by atoms with van der Waals surface area (Å²) < 4.78 is 35.5. The SMILES string of the molecule is CCCCCCOc1ccc(C2(C)CC(c3ccc(OC(F)F)cc3)=C(N3N=NCC3=O)C(=O)N2)cc1. The lowest BCUT2D eigenvalue weighted by molar-refractivity contribution is -0.130. The van der Waals surface area contributed by atoms with E-state index in [9.17, 15) is 18.4 Å². The van der Waals surface area contributed by atoms with Crippen LogP contribution >= 0.6 is 0 Å². The first kappa shape index (κ1) is 26.2. The van der Waals surface area contributed by atoms with Gasteiger partial charge in [-0.25, -0.2) is 0 Å². The molecule has 10 heteroatoms. The molecule has 196 valence electrons. The summed E-state index contributed by atoms with van der Waals surface area (Å²) in [5.74, 6) is -0.169. The van der Waals surface area contributed by atoms with Crippen molar-refractivity contribution in [3.8, 4) is 11.5 Å². The van der Waals surface area contributed by atoms with E-state index in [1.807, 2.05) is 31.2 Å². The first-order valence-electron chi connectivity index (χ1n) is 12.4. The fraction of sp³-hybridized carbons (Fsp3) is 0.407.